The number of likely N-dealkylation sites (tertiary alicyclic amines) is 1. The van der Waals surface area contributed by atoms with E-state index >= 15 is 0 Å². The van der Waals surface area contributed by atoms with Gasteiger partial charge < -0.3 is 9.64 Å². The number of piperidine rings is 1. The highest BCUT2D eigenvalue weighted by Crippen LogP contribution is 2.24. The van der Waals surface area contributed by atoms with Gasteiger partial charge in [-0.3, -0.25) is 4.79 Å². The van der Waals surface area contributed by atoms with Gasteiger partial charge >= 0.3 is 5.97 Å². The van der Waals surface area contributed by atoms with Crippen LogP contribution in [0.25, 0.3) is 0 Å². The van der Waals surface area contributed by atoms with E-state index in [2.05, 4.69) is 0 Å². The number of nitrogens with zero attached hydrogens (tertiary/aromatic N) is 2. The molecule has 1 fully saturated rings. The van der Waals surface area contributed by atoms with Crippen LogP contribution in [0.3, 0.4) is 0 Å². The van der Waals surface area contributed by atoms with Crippen molar-refractivity contribution in [2.75, 3.05) is 19.7 Å². The van der Waals surface area contributed by atoms with E-state index in [-0.39, 0.29) is 35.1 Å². The van der Waals surface area contributed by atoms with E-state index in [4.69, 9.17) is 4.74 Å². The fourth-order valence-electron chi connectivity index (χ4n) is 3.91. The third kappa shape index (κ3) is 5.17. The van der Waals surface area contributed by atoms with Gasteiger partial charge in [0.2, 0.25) is 10.0 Å². The monoisotopic (exact) mass is 424 g/mol. The lowest BCUT2D eigenvalue weighted by molar-refractivity contribution is -0.140. The van der Waals surface area contributed by atoms with Gasteiger partial charge in [-0.2, -0.15) is 4.31 Å². The van der Waals surface area contributed by atoms with Crippen LogP contribution >= 0.6 is 0 Å². The van der Waals surface area contributed by atoms with Crippen LogP contribution in [0.2, 0.25) is 0 Å². The molecule has 0 aliphatic carbocycles. The van der Waals surface area contributed by atoms with E-state index in [1.165, 1.54) is 16.4 Å². The highest BCUT2D eigenvalue weighted by molar-refractivity contribution is 7.89. The molecule has 2 atom stereocenters. The van der Waals surface area contributed by atoms with Gasteiger partial charge in [-0.1, -0.05) is 19.9 Å². The standard InChI is InChI=1S/C21H32N2O5S/c1-6-22(7-2)29(26,27)19-13-18(12-11-15(19)3)21(25)28-14-20(24)23-16(4)9-8-10-17(23)5/h11-13,16-17H,6-10,14H2,1-5H3/t16-,17-/m1/s1. The molecular weight excluding hydrogens is 392 g/mol. The minimum atomic E-state index is -3.70. The van der Waals surface area contributed by atoms with Gasteiger partial charge in [0.15, 0.2) is 6.61 Å². The summed E-state index contributed by atoms with van der Waals surface area (Å²) in [6, 6.07) is 4.69. The van der Waals surface area contributed by atoms with Crippen molar-refractivity contribution in [2.24, 2.45) is 0 Å². The Kier molecular flexibility index (Phi) is 7.82. The number of carbonyl (C=O) groups excluding carboxylic acids is 2. The molecule has 2 rings (SSSR count). The molecule has 0 unspecified atom stereocenters. The molecule has 0 saturated carbocycles. The first-order chi connectivity index (χ1) is 13.6. The lowest BCUT2D eigenvalue weighted by Gasteiger charge is -2.38. The number of esters is 1. The fourth-order valence-corrected chi connectivity index (χ4v) is 5.61. The number of sulfonamides is 1. The molecule has 0 radical (unpaired) electrons. The molecular formula is C21H32N2O5S. The van der Waals surface area contributed by atoms with Crippen molar-refractivity contribution in [1.29, 1.82) is 0 Å². The molecule has 0 N–H and O–H groups in total. The number of benzene rings is 1. The number of amides is 1. The minimum absolute atomic E-state index is 0.0836. The predicted octanol–water partition coefficient (Wildman–Crippen LogP) is 2.97. The summed E-state index contributed by atoms with van der Waals surface area (Å²) in [5, 5.41) is 0. The summed E-state index contributed by atoms with van der Waals surface area (Å²) in [7, 11) is -3.70. The van der Waals surface area contributed by atoms with E-state index in [1.54, 1.807) is 31.7 Å². The van der Waals surface area contributed by atoms with Crippen LogP contribution in [0.1, 0.15) is 62.9 Å². The maximum atomic E-state index is 12.8. The zero-order valence-corrected chi connectivity index (χ0v) is 18.8. The molecule has 1 aromatic rings. The Balaban J connectivity index is 2.15. The van der Waals surface area contributed by atoms with Gasteiger partial charge in [0, 0.05) is 25.2 Å². The van der Waals surface area contributed by atoms with Crippen LogP contribution in [0.5, 0.6) is 0 Å². The second-order valence-electron chi connectivity index (χ2n) is 7.58. The van der Waals surface area contributed by atoms with Gasteiger partial charge in [-0.05, 0) is 57.7 Å². The number of carbonyl (C=O) groups is 2. The summed E-state index contributed by atoms with van der Waals surface area (Å²) in [6.07, 6.45) is 2.96. The lowest BCUT2D eigenvalue weighted by atomic mass is 9.97. The van der Waals surface area contributed by atoms with Gasteiger partial charge in [0.1, 0.15) is 0 Å². The second-order valence-corrected chi connectivity index (χ2v) is 9.48. The highest BCUT2D eigenvalue weighted by Gasteiger charge is 2.30. The predicted molar refractivity (Wildman–Crippen MR) is 111 cm³/mol. The van der Waals surface area contributed by atoms with Crippen LogP contribution in [-0.2, 0) is 19.6 Å². The van der Waals surface area contributed by atoms with Gasteiger partial charge in [-0.15, -0.1) is 0 Å². The molecule has 0 spiro atoms. The van der Waals surface area contributed by atoms with Crippen LogP contribution in [-0.4, -0.2) is 61.3 Å². The first kappa shape index (κ1) is 23.3. The summed E-state index contributed by atoms with van der Waals surface area (Å²) >= 11 is 0. The van der Waals surface area contributed by atoms with Crippen LogP contribution in [0.15, 0.2) is 23.1 Å². The quantitative estimate of drug-likeness (QED) is 0.629. The second kappa shape index (κ2) is 9.71. The molecule has 162 valence electrons. The number of hydrogen-bond acceptors (Lipinski definition) is 5. The van der Waals surface area contributed by atoms with Gasteiger partial charge in [0.05, 0.1) is 10.5 Å². The molecule has 0 bridgehead atoms. The number of aryl methyl sites for hydroxylation is 1. The molecule has 29 heavy (non-hydrogen) atoms. The summed E-state index contributed by atoms with van der Waals surface area (Å²) < 4.78 is 32.3. The van der Waals surface area contributed by atoms with Crippen molar-refractivity contribution in [2.45, 2.75) is 70.9 Å². The van der Waals surface area contributed by atoms with Gasteiger partial charge in [-0.25, -0.2) is 13.2 Å². The Morgan fingerprint density at radius 2 is 1.72 bits per heavy atom. The average molecular weight is 425 g/mol. The third-order valence-electron chi connectivity index (χ3n) is 5.56. The molecule has 8 heteroatoms. The average Bonchev–Trinajstić information content (AvgIpc) is 2.66. The maximum Gasteiger partial charge on any atom is 0.338 e. The molecule has 1 amide bonds. The number of ether oxygens (including phenoxy) is 1. The summed E-state index contributed by atoms with van der Waals surface area (Å²) in [6.45, 7) is 9.56. The van der Waals surface area contributed by atoms with Crippen LogP contribution < -0.4 is 0 Å². The van der Waals surface area contributed by atoms with Crippen molar-refractivity contribution in [3.63, 3.8) is 0 Å². The van der Waals surface area contributed by atoms with Crippen molar-refractivity contribution in [1.82, 2.24) is 9.21 Å². The minimum Gasteiger partial charge on any atom is -0.452 e. The van der Waals surface area contributed by atoms with Crippen molar-refractivity contribution < 1.29 is 22.7 Å². The SMILES string of the molecule is CCN(CC)S(=O)(=O)c1cc(C(=O)OCC(=O)N2[C@H](C)CCC[C@H]2C)ccc1C. The van der Waals surface area contributed by atoms with E-state index in [0.29, 0.717) is 18.7 Å². The Bertz CT molecular complexity index is 839. The van der Waals surface area contributed by atoms with Crippen molar-refractivity contribution in [3.8, 4) is 0 Å². The zero-order chi connectivity index (χ0) is 21.8. The topological polar surface area (TPSA) is 84.0 Å². The lowest BCUT2D eigenvalue weighted by Crippen LogP contribution is -2.49. The molecule has 1 aromatic carbocycles. The van der Waals surface area contributed by atoms with E-state index in [9.17, 15) is 18.0 Å². The van der Waals surface area contributed by atoms with E-state index in [1.807, 2.05) is 13.8 Å². The molecule has 1 aliphatic heterocycles. The normalized spacial score (nSPS) is 20.0. The van der Waals surface area contributed by atoms with Crippen LogP contribution in [0.4, 0.5) is 0 Å². The maximum absolute atomic E-state index is 12.8. The summed E-state index contributed by atoms with van der Waals surface area (Å²) in [5.74, 6) is -0.923. The Morgan fingerprint density at radius 3 is 2.28 bits per heavy atom. The zero-order valence-electron chi connectivity index (χ0n) is 18.0. The molecule has 1 heterocycles. The molecule has 0 aromatic heterocycles. The van der Waals surface area contributed by atoms with Gasteiger partial charge in [0.25, 0.3) is 5.91 Å². The first-order valence-electron chi connectivity index (χ1n) is 10.2. The van der Waals surface area contributed by atoms with E-state index < -0.39 is 16.0 Å². The number of hydrogen-bond donors (Lipinski definition) is 0. The Morgan fingerprint density at radius 1 is 1.14 bits per heavy atom. The third-order valence-corrected chi connectivity index (χ3v) is 7.75. The smallest absolute Gasteiger partial charge is 0.338 e. The Hall–Kier alpha value is -1.93. The Labute approximate surface area is 174 Å². The molecule has 1 aliphatic rings. The first-order valence-corrected chi connectivity index (χ1v) is 11.7. The summed E-state index contributed by atoms with van der Waals surface area (Å²) in [5.41, 5.74) is 0.675. The van der Waals surface area contributed by atoms with Crippen molar-refractivity contribution >= 4 is 21.9 Å². The number of rotatable bonds is 7. The highest BCUT2D eigenvalue weighted by atomic mass is 32.2. The van der Waals surface area contributed by atoms with Crippen LogP contribution in [0, 0.1) is 6.92 Å². The molecule has 7 nitrogen and oxygen atoms in total. The molecule has 1 saturated heterocycles. The van der Waals surface area contributed by atoms with Crippen molar-refractivity contribution in [3.05, 3.63) is 29.3 Å². The fraction of sp³-hybridized carbons (Fsp3) is 0.619. The van der Waals surface area contributed by atoms with E-state index in [0.717, 1.165) is 19.3 Å². The largest absolute Gasteiger partial charge is 0.452 e. The summed E-state index contributed by atoms with van der Waals surface area (Å²) in [4.78, 5) is 26.9.